The van der Waals surface area contributed by atoms with Gasteiger partial charge in [0.1, 0.15) is 5.60 Å². The van der Waals surface area contributed by atoms with E-state index in [2.05, 4.69) is 30.3 Å². The third-order valence-corrected chi connectivity index (χ3v) is 5.27. The molecule has 0 saturated carbocycles. The van der Waals surface area contributed by atoms with Gasteiger partial charge >= 0.3 is 0 Å². The summed E-state index contributed by atoms with van der Waals surface area (Å²) < 4.78 is 6.20. The molecule has 0 radical (unpaired) electrons. The summed E-state index contributed by atoms with van der Waals surface area (Å²) in [6.45, 7) is 4.81. The molecule has 0 N–H and O–H groups in total. The van der Waals surface area contributed by atoms with E-state index in [4.69, 9.17) is 4.74 Å². The lowest BCUT2D eigenvalue weighted by Gasteiger charge is -2.53. The lowest BCUT2D eigenvalue weighted by Crippen LogP contribution is -2.49. The monoisotopic (exact) mass is 268 g/mol. The van der Waals surface area contributed by atoms with Gasteiger partial charge in [0.05, 0.1) is 0 Å². The van der Waals surface area contributed by atoms with E-state index in [1.54, 1.807) is 0 Å². The van der Waals surface area contributed by atoms with E-state index >= 15 is 0 Å². The maximum atomic E-state index is 12.4. The van der Waals surface area contributed by atoms with Gasteiger partial charge < -0.3 is 4.74 Å². The van der Waals surface area contributed by atoms with Gasteiger partial charge in [0.25, 0.3) is 0 Å². The van der Waals surface area contributed by atoms with Gasteiger partial charge in [0.2, 0.25) is 0 Å². The van der Waals surface area contributed by atoms with Crippen LogP contribution >= 0.6 is 0 Å². The molecule has 0 unspecified atom stereocenters. The zero-order chi connectivity index (χ0) is 13.9. The van der Waals surface area contributed by atoms with Crippen molar-refractivity contribution in [2.75, 3.05) is 6.61 Å². The molecule has 0 aromatic heterocycles. The van der Waals surface area contributed by atoms with E-state index < -0.39 is 0 Å². The van der Waals surface area contributed by atoms with Gasteiger partial charge in [0, 0.05) is 18.4 Å². The van der Waals surface area contributed by atoms with Crippen molar-refractivity contribution in [1.82, 2.24) is 0 Å². The van der Waals surface area contributed by atoms with Crippen LogP contribution in [0.15, 0.2) is 35.9 Å². The minimum atomic E-state index is -0.114. The second-order valence-corrected chi connectivity index (χ2v) is 6.61. The molecule has 3 atom stereocenters. The third kappa shape index (κ3) is 1.35. The van der Waals surface area contributed by atoms with E-state index in [-0.39, 0.29) is 17.4 Å². The van der Waals surface area contributed by atoms with Gasteiger partial charge in [-0.3, -0.25) is 4.79 Å². The van der Waals surface area contributed by atoms with E-state index in [1.807, 2.05) is 13.8 Å². The maximum Gasteiger partial charge on any atom is 0.161 e. The minimum Gasteiger partial charge on any atom is -0.369 e. The van der Waals surface area contributed by atoms with Crippen molar-refractivity contribution in [2.24, 2.45) is 11.8 Å². The topological polar surface area (TPSA) is 26.3 Å². The SMILES string of the molecule is CC(C)C(=O)C1=C[C@H]2c3ccccc3[C@]23OCC[C@H]3C1. The lowest BCUT2D eigenvalue weighted by molar-refractivity contribution is -0.119. The quantitative estimate of drug-likeness (QED) is 0.819. The summed E-state index contributed by atoms with van der Waals surface area (Å²) >= 11 is 0. The number of allylic oxidation sites excluding steroid dienone is 1. The fraction of sp³-hybridized carbons (Fsp3) is 0.500. The predicted octanol–water partition coefficient (Wildman–Crippen LogP) is 3.57. The van der Waals surface area contributed by atoms with Gasteiger partial charge in [-0.25, -0.2) is 0 Å². The molecule has 1 heterocycles. The smallest absolute Gasteiger partial charge is 0.161 e. The zero-order valence-electron chi connectivity index (χ0n) is 12.1. The molecule has 2 heteroatoms. The van der Waals surface area contributed by atoms with Crippen LogP contribution in [0.5, 0.6) is 0 Å². The van der Waals surface area contributed by atoms with E-state index in [1.165, 1.54) is 11.1 Å². The molecular formula is C18H20O2. The van der Waals surface area contributed by atoms with Crippen LogP contribution in [0.2, 0.25) is 0 Å². The standard InChI is InChI=1S/C18H20O2/c1-11(2)17(19)12-9-13-7-8-20-18(13)15-6-4-3-5-14(15)16(18)10-12/h3-6,10-11,13,16H,7-9H2,1-2H3/t13-,16-,18-/m0/s1. The number of hydrogen-bond donors (Lipinski definition) is 0. The molecule has 2 aliphatic carbocycles. The molecule has 1 aliphatic heterocycles. The first-order valence-electron chi connectivity index (χ1n) is 7.63. The van der Waals surface area contributed by atoms with E-state index in [0.29, 0.717) is 11.7 Å². The normalized spacial score (nSPS) is 33.9. The Morgan fingerprint density at radius 2 is 2.15 bits per heavy atom. The fourth-order valence-electron chi connectivity index (χ4n) is 4.34. The number of ether oxygens (including phenoxy) is 1. The van der Waals surface area contributed by atoms with Crippen molar-refractivity contribution < 1.29 is 9.53 Å². The molecule has 1 saturated heterocycles. The predicted molar refractivity (Wildman–Crippen MR) is 77.5 cm³/mol. The van der Waals surface area contributed by atoms with Crippen LogP contribution < -0.4 is 0 Å². The van der Waals surface area contributed by atoms with E-state index in [0.717, 1.165) is 25.0 Å². The van der Waals surface area contributed by atoms with Gasteiger partial charge in [-0.2, -0.15) is 0 Å². The molecule has 4 rings (SSSR count). The maximum absolute atomic E-state index is 12.4. The Morgan fingerprint density at radius 3 is 2.95 bits per heavy atom. The number of carbonyl (C=O) groups is 1. The Bertz CT molecular complexity index is 614. The Morgan fingerprint density at radius 1 is 1.35 bits per heavy atom. The average Bonchev–Trinajstić information content (AvgIpc) is 2.89. The van der Waals surface area contributed by atoms with Crippen molar-refractivity contribution in [2.45, 2.75) is 38.2 Å². The van der Waals surface area contributed by atoms with Gasteiger partial charge in [-0.05, 0) is 35.5 Å². The van der Waals surface area contributed by atoms with Crippen molar-refractivity contribution in [3.63, 3.8) is 0 Å². The second-order valence-electron chi connectivity index (χ2n) is 6.61. The number of ketones is 1. The average molecular weight is 268 g/mol. The molecule has 104 valence electrons. The highest BCUT2D eigenvalue weighted by Crippen LogP contribution is 2.64. The first-order chi connectivity index (χ1) is 9.64. The Kier molecular flexibility index (Phi) is 2.50. The molecule has 0 bridgehead atoms. The van der Waals surface area contributed by atoms with Crippen LogP contribution in [0.25, 0.3) is 0 Å². The molecule has 1 aromatic carbocycles. The molecule has 2 nitrogen and oxygen atoms in total. The fourth-order valence-corrected chi connectivity index (χ4v) is 4.34. The first-order valence-corrected chi connectivity index (χ1v) is 7.63. The number of Topliss-reactive ketones (excluding diaryl/α,β-unsaturated/α-hetero) is 1. The van der Waals surface area contributed by atoms with Crippen molar-refractivity contribution in [3.8, 4) is 0 Å². The summed E-state index contributed by atoms with van der Waals surface area (Å²) in [6, 6.07) is 8.57. The van der Waals surface area contributed by atoms with Crippen LogP contribution in [0, 0.1) is 11.8 Å². The van der Waals surface area contributed by atoms with Crippen molar-refractivity contribution in [3.05, 3.63) is 47.0 Å². The highest BCUT2D eigenvalue weighted by Gasteiger charge is 2.60. The number of carbonyl (C=O) groups excluding carboxylic acids is 1. The van der Waals surface area contributed by atoms with Crippen LogP contribution in [-0.2, 0) is 15.1 Å². The van der Waals surface area contributed by atoms with Crippen LogP contribution in [-0.4, -0.2) is 12.4 Å². The van der Waals surface area contributed by atoms with Gasteiger partial charge in [0.15, 0.2) is 5.78 Å². The molecule has 3 aliphatic rings. The summed E-state index contributed by atoms with van der Waals surface area (Å²) in [6.07, 6.45) is 4.17. The highest BCUT2D eigenvalue weighted by molar-refractivity contribution is 5.97. The zero-order valence-corrected chi connectivity index (χ0v) is 12.1. The van der Waals surface area contributed by atoms with E-state index in [9.17, 15) is 4.79 Å². The molecule has 1 aromatic rings. The highest BCUT2D eigenvalue weighted by atomic mass is 16.5. The summed E-state index contributed by atoms with van der Waals surface area (Å²) in [4.78, 5) is 12.4. The largest absolute Gasteiger partial charge is 0.369 e. The summed E-state index contributed by atoms with van der Waals surface area (Å²) in [7, 11) is 0. The number of hydrogen-bond acceptors (Lipinski definition) is 2. The summed E-state index contributed by atoms with van der Waals surface area (Å²) in [5.41, 5.74) is 3.63. The van der Waals surface area contributed by atoms with Crippen LogP contribution in [0.1, 0.15) is 43.7 Å². The molecule has 20 heavy (non-hydrogen) atoms. The van der Waals surface area contributed by atoms with Crippen LogP contribution in [0.3, 0.4) is 0 Å². The number of fused-ring (bicyclic) bond motifs is 2. The van der Waals surface area contributed by atoms with Crippen LogP contribution in [0.4, 0.5) is 0 Å². The van der Waals surface area contributed by atoms with Gasteiger partial charge in [-0.15, -0.1) is 0 Å². The minimum absolute atomic E-state index is 0.0893. The molecule has 1 fully saturated rings. The second kappa shape index (κ2) is 4.05. The Labute approximate surface area is 119 Å². The Hall–Kier alpha value is -1.41. The first kappa shape index (κ1) is 12.3. The number of benzene rings is 1. The molecule has 0 amide bonds. The summed E-state index contributed by atoms with van der Waals surface area (Å²) in [5, 5.41) is 0. The van der Waals surface area contributed by atoms with Gasteiger partial charge in [-0.1, -0.05) is 44.2 Å². The van der Waals surface area contributed by atoms with Crippen molar-refractivity contribution in [1.29, 1.82) is 0 Å². The summed E-state index contributed by atoms with van der Waals surface area (Å²) in [5.74, 6) is 1.17. The lowest BCUT2D eigenvalue weighted by atomic mass is 9.54. The molecule has 1 spiro atoms. The third-order valence-electron chi connectivity index (χ3n) is 5.27. The Balaban J connectivity index is 1.82. The van der Waals surface area contributed by atoms with Crippen molar-refractivity contribution >= 4 is 5.78 Å². The number of rotatable bonds is 2. The molecular weight excluding hydrogens is 248 g/mol.